The van der Waals surface area contributed by atoms with Gasteiger partial charge in [-0.25, -0.2) is 4.79 Å². The molecule has 598 valence electrons. The zero-order chi connectivity index (χ0) is 73.6. The van der Waals surface area contributed by atoms with E-state index in [0.717, 1.165) is 76.7 Å². The number of rotatable bonds is 84. The number of esters is 4. The Kier molecular flexibility index (Phi) is 95.4. The molecule has 0 aromatic rings. The number of aliphatic carboxylic acids is 1. The van der Waals surface area contributed by atoms with E-state index in [9.17, 15) is 29.1 Å². The van der Waals surface area contributed by atoms with Crippen molar-refractivity contribution in [3.63, 3.8) is 0 Å². The minimum atomic E-state index is -1.38. The molecule has 0 aliphatic carbocycles. The number of carbonyl (C=O) groups excluding carboxylic acids is 5. The van der Waals surface area contributed by atoms with Gasteiger partial charge in [0.1, 0.15) is 13.2 Å². The number of ether oxygens (including phenoxy) is 4. The van der Waals surface area contributed by atoms with E-state index in [1.807, 2.05) is 0 Å². The van der Waals surface area contributed by atoms with Crippen LogP contribution in [0.1, 0.15) is 516 Å². The Morgan fingerprint density at radius 3 is 0.608 bits per heavy atom. The molecule has 11 heteroatoms. The Bertz CT molecular complexity index is 1650. The van der Waals surface area contributed by atoms with Crippen molar-refractivity contribution in [1.82, 2.24) is 0 Å². The molecule has 0 rings (SSSR count). The van der Waals surface area contributed by atoms with Crippen LogP contribution in [0.15, 0.2) is 12.2 Å². The molecule has 0 aromatic carbocycles. The predicted octanol–water partition coefficient (Wildman–Crippen LogP) is 25.6. The van der Waals surface area contributed by atoms with Crippen molar-refractivity contribution in [2.24, 2.45) is 0 Å². The van der Waals surface area contributed by atoms with E-state index < -0.39 is 18.0 Å². The van der Waals surface area contributed by atoms with Crippen LogP contribution in [0.4, 0.5) is 0 Å². The average molecular weight is 1450 g/mol. The Balaban J connectivity index is -0.00000304. The number of hydrogen-bond donors (Lipinski definition) is 0. The van der Waals surface area contributed by atoms with Gasteiger partial charge in [0.15, 0.2) is 6.10 Å². The summed E-state index contributed by atoms with van der Waals surface area (Å²) in [6.07, 6.45) is 97.9. The molecule has 0 heterocycles. The predicted molar refractivity (Wildman–Crippen MR) is 430 cm³/mol. The zero-order valence-corrected chi connectivity index (χ0v) is 71.2. The summed E-state index contributed by atoms with van der Waals surface area (Å²) in [4.78, 5) is 59.7. The molecule has 0 aliphatic heterocycles. The Hall–Kier alpha value is -1.91. The third-order valence-electron chi connectivity index (χ3n) is 20.7. The molecule has 0 unspecified atom stereocenters. The summed E-state index contributed by atoms with van der Waals surface area (Å²) >= 11 is 0. The van der Waals surface area contributed by atoms with Crippen LogP contribution in [0.25, 0.3) is 0 Å². The Morgan fingerprint density at radius 2 is 0.412 bits per heavy atom. The molecular weight excluding hydrogens is 1280 g/mol. The first-order valence-corrected chi connectivity index (χ1v) is 45.3. The second-order valence-corrected chi connectivity index (χ2v) is 30.9. The second-order valence-electron chi connectivity index (χ2n) is 30.9. The van der Waals surface area contributed by atoms with Crippen molar-refractivity contribution in [3.8, 4) is 0 Å². The number of carboxylic acid groups (broad SMARTS) is 1. The van der Waals surface area contributed by atoms with Crippen LogP contribution < -0.4 is 34.7 Å². The zero-order valence-electron chi connectivity index (χ0n) is 69.2. The van der Waals surface area contributed by atoms with Crippen molar-refractivity contribution in [2.45, 2.75) is 522 Å². The topological polar surface area (TPSA) is 145 Å². The van der Waals surface area contributed by atoms with Gasteiger partial charge in [0.25, 0.3) is 0 Å². The van der Waals surface area contributed by atoms with Gasteiger partial charge in [0.05, 0.1) is 12.6 Å². The third kappa shape index (κ3) is 94.2. The maximum absolute atomic E-state index is 12.9. The molecule has 0 bridgehead atoms. The van der Waals surface area contributed by atoms with Gasteiger partial charge >= 0.3 is 53.4 Å². The number of carboxylic acids is 1. The summed E-state index contributed by atoms with van der Waals surface area (Å²) in [7, 11) is 0. The van der Waals surface area contributed by atoms with E-state index in [-0.39, 0.29) is 60.7 Å². The van der Waals surface area contributed by atoms with Crippen LogP contribution in [0.2, 0.25) is 0 Å². The van der Waals surface area contributed by atoms with Gasteiger partial charge in [-0.1, -0.05) is 471 Å². The normalized spacial score (nSPS) is 11.3. The van der Waals surface area contributed by atoms with E-state index in [4.69, 9.17) is 18.9 Å². The molecule has 0 saturated heterocycles. The summed E-state index contributed by atoms with van der Waals surface area (Å²) in [5.74, 6) is -2.82. The molecule has 0 N–H and O–H groups in total. The first kappa shape index (κ1) is 104. The third-order valence-corrected chi connectivity index (χ3v) is 20.7. The van der Waals surface area contributed by atoms with Crippen LogP contribution >= 0.6 is 0 Å². The van der Waals surface area contributed by atoms with Gasteiger partial charge in [-0.3, -0.25) is 14.4 Å². The van der Waals surface area contributed by atoms with E-state index in [2.05, 4.69) is 27.7 Å². The van der Waals surface area contributed by atoms with Crippen LogP contribution in [-0.2, 0) is 42.9 Å². The summed E-state index contributed by atoms with van der Waals surface area (Å²) < 4.78 is 21.9. The Morgan fingerprint density at radius 1 is 0.235 bits per heavy atom. The van der Waals surface area contributed by atoms with Gasteiger partial charge in [0, 0.05) is 25.3 Å². The van der Waals surface area contributed by atoms with E-state index in [0.29, 0.717) is 31.9 Å². The minimum Gasteiger partial charge on any atom is -0.545 e. The van der Waals surface area contributed by atoms with Crippen LogP contribution in [-0.4, -0.2) is 55.8 Å². The van der Waals surface area contributed by atoms with Crippen LogP contribution in [0.5, 0.6) is 0 Å². The van der Waals surface area contributed by atoms with Gasteiger partial charge in [-0.05, 0) is 31.8 Å². The summed E-state index contributed by atoms with van der Waals surface area (Å²) in [5.41, 5.74) is 0. The van der Waals surface area contributed by atoms with Crippen molar-refractivity contribution in [1.29, 1.82) is 0 Å². The number of unbranched alkanes of at least 4 members (excludes halogenated alkanes) is 69. The molecule has 0 aliphatic rings. The maximum atomic E-state index is 12.9. The largest absolute Gasteiger partial charge is 1.00 e. The van der Waals surface area contributed by atoms with Gasteiger partial charge in [-0.2, -0.15) is 0 Å². The molecule has 0 fully saturated rings. The van der Waals surface area contributed by atoms with Gasteiger partial charge < -0.3 is 28.8 Å². The molecule has 0 saturated carbocycles. The van der Waals surface area contributed by atoms with Crippen molar-refractivity contribution < 1.29 is 77.6 Å². The fraction of sp³-hybridized carbons (Fsp3) is 0.923. The Labute approximate surface area is 656 Å². The van der Waals surface area contributed by atoms with Crippen molar-refractivity contribution >= 4 is 29.8 Å². The summed E-state index contributed by atoms with van der Waals surface area (Å²) in [6, 6.07) is 0. The van der Waals surface area contributed by atoms with Crippen molar-refractivity contribution in [3.05, 3.63) is 12.2 Å². The fourth-order valence-electron chi connectivity index (χ4n) is 13.9. The van der Waals surface area contributed by atoms with Crippen LogP contribution in [0, 0.1) is 0 Å². The van der Waals surface area contributed by atoms with Crippen LogP contribution in [0.3, 0.4) is 0 Å². The quantitative estimate of drug-likeness (QED) is 0.0190. The standard InChI is InChI=1S/C69H134O6.C22H40O4.Na/c1-4-7-10-13-16-19-22-25-28-31-34-37-40-43-46-49-52-55-58-61-67(70)73-64-66(75-69(72)63-60-57-54-51-48-45-42-39-36-33-30-27-24-21-18-15-12-9-6-3)65-74-68(71)62-59-56-53-50-47-44-41-38-35-32-29-26-23-20-17-14-11-8-5-2;1-2-3-4-5-6-7-8-9-10-11-12-13-14-15-16-17-20-26-22(25)19-18-21(23)24;/h66H,4-65H2,1-3H3;18-19H,2-17,20H2,1H3,(H,23,24);/q;;+1/p-1/b;19-18+;. The van der Waals surface area contributed by atoms with E-state index in [1.165, 1.54) is 398 Å². The first-order chi connectivity index (χ1) is 49.7. The molecule has 0 amide bonds. The molecule has 0 aromatic heterocycles. The maximum Gasteiger partial charge on any atom is 1.00 e. The van der Waals surface area contributed by atoms with E-state index >= 15 is 0 Å². The first-order valence-electron chi connectivity index (χ1n) is 45.3. The van der Waals surface area contributed by atoms with E-state index in [1.54, 1.807) is 0 Å². The summed E-state index contributed by atoms with van der Waals surface area (Å²) in [6.45, 7) is 9.37. The number of carbonyl (C=O) groups is 5. The fourth-order valence-corrected chi connectivity index (χ4v) is 13.9. The molecule has 102 heavy (non-hydrogen) atoms. The van der Waals surface area contributed by atoms with Gasteiger partial charge in [0.2, 0.25) is 0 Å². The number of hydrogen-bond acceptors (Lipinski definition) is 10. The monoisotopic (exact) mass is 1450 g/mol. The smallest absolute Gasteiger partial charge is 0.545 e. The minimum absolute atomic E-state index is 0. The molecule has 0 radical (unpaired) electrons. The van der Waals surface area contributed by atoms with Gasteiger partial charge in [-0.15, -0.1) is 0 Å². The second kappa shape index (κ2) is 93.3. The summed E-state index contributed by atoms with van der Waals surface area (Å²) in [5, 5.41) is 10.1. The molecule has 10 nitrogen and oxygen atoms in total. The molecule has 0 atom stereocenters. The SMILES string of the molecule is CCCCCCCCCCCCCCCCCCCCCC(=O)OCC(COC(=O)CCCCCCCCCCCCCCCCCCCCC)OC(=O)CCCCCCCCCCCCCCCCCCCCC.CCCCCCCCCCCCCCCCCCOC(=O)/C=C/C(=O)[O-].[Na+]. The van der Waals surface area contributed by atoms with Crippen molar-refractivity contribution in [2.75, 3.05) is 19.8 Å². The molecular formula is C91H173NaO10. The molecule has 0 spiro atoms. The average Bonchev–Trinajstić information content (AvgIpc) is 1.02.